The Morgan fingerprint density at radius 1 is 1.50 bits per heavy atom. The van der Waals surface area contributed by atoms with Gasteiger partial charge in [-0.3, -0.25) is 0 Å². The van der Waals surface area contributed by atoms with Crippen LogP contribution in [0.2, 0.25) is 0 Å². The first-order valence-corrected chi connectivity index (χ1v) is 6.29. The zero-order valence-corrected chi connectivity index (χ0v) is 11.8. The first kappa shape index (κ1) is 12.9. The van der Waals surface area contributed by atoms with Crippen LogP contribution in [0.1, 0.15) is 16.1 Å². The molecule has 1 aromatic heterocycles. The monoisotopic (exact) mass is 324 g/mol. The average Bonchev–Trinajstić information content (AvgIpc) is 2.27. The van der Waals surface area contributed by atoms with Gasteiger partial charge in [-0.05, 0) is 31.3 Å². The lowest BCUT2D eigenvalue weighted by atomic mass is 10.1. The summed E-state index contributed by atoms with van der Waals surface area (Å²) in [5.41, 5.74) is 1.73. The van der Waals surface area contributed by atoms with Crippen molar-refractivity contribution in [1.82, 2.24) is 9.97 Å². The van der Waals surface area contributed by atoms with E-state index in [0.717, 1.165) is 4.47 Å². The van der Waals surface area contributed by atoms with Gasteiger partial charge in [0.1, 0.15) is 5.56 Å². The highest BCUT2D eigenvalue weighted by atomic mass is 79.9. The molecule has 0 atom stereocenters. The van der Waals surface area contributed by atoms with Gasteiger partial charge in [0.2, 0.25) is 0 Å². The van der Waals surface area contributed by atoms with Crippen molar-refractivity contribution in [3.8, 4) is 11.3 Å². The molecule has 18 heavy (non-hydrogen) atoms. The van der Waals surface area contributed by atoms with Crippen LogP contribution < -0.4 is 0 Å². The fourth-order valence-corrected chi connectivity index (χ4v) is 2.34. The highest BCUT2D eigenvalue weighted by molar-refractivity contribution is 9.10. The molecule has 1 heterocycles. The van der Waals surface area contributed by atoms with Crippen molar-refractivity contribution in [3.63, 3.8) is 0 Å². The molecule has 2 rings (SSSR count). The van der Waals surface area contributed by atoms with Crippen molar-refractivity contribution in [3.05, 3.63) is 44.8 Å². The van der Waals surface area contributed by atoms with E-state index < -0.39 is 5.97 Å². The van der Waals surface area contributed by atoms with Crippen LogP contribution in [0.5, 0.6) is 0 Å². The van der Waals surface area contributed by atoms with Gasteiger partial charge in [-0.25, -0.2) is 9.78 Å². The van der Waals surface area contributed by atoms with Crippen LogP contribution in [0.3, 0.4) is 0 Å². The number of aromatic nitrogens is 2. The lowest BCUT2D eigenvalue weighted by Gasteiger charge is -2.08. The van der Waals surface area contributed by atoms with E-state index in [9.17, 15) is 9.90 Å². The number of aromatic amines is 1. The van der Waals surface area contributed by atoms with Crippen LogP contribution in [-0.4, -0.2) is 21.0 Å². The van der Waals surface area contributed by atoms with Crippen molar-refractivity contribution in [2.45, 2.75) is 6.92 Å². The Balaban J connectivity index is 2.77. The van der Waals surface area contributed by atoms with Gasteiger partial charge in [-0.1, -0.05) is 28.1 Å². The predicted octanol–water partition coefficient (Wildman–Crippen LogP) is 3.58. The molecule has 0 aliphatic rings. The standard InChI is InChI=1S/C12H9BrN2O2S/c1-6-9(11(16)17)10(15-12(18)14-6)7-3-2-4-8(13)5-7/h2-5H,1H3,(H,16,17)(H,14,15,18). The van der Waals surface area contributed by atoms with E-state index in [1.165, 1.54) is 0 Å². The van der Waals surface area contributed by atoms with Gasteiger partial charge in [-0.15, -0.1) is 0 Å². The minimum absolute atomic E-state index is 0.140. The molecule has 1 aromatic carbocycles. The maximum atomic E-state index is 11.3. The maximum Gasteiger partial charge on any atom is 0.339 e. The molecule has 0 saturated carbocycles. The summed E-state index contributed by atoms with van der Waals surface area (Å²) >= 11 is 8.34. The van der Waals surface area contributed by atoms with Gasteiger partial charge in [0.25, 0.3) is 0 Å². The second-order valence-electron chi connectivity index (χ2n) is 3.71. The van der Waals surface area contributed by atoms with Gasteiger partial charge in [0.05, 0.1) is 5.69 Å². The van der Waals surface area contributed by atoms with E-state index in [-0.39, 0.29) is 10.3 Å². The molecule has 0 spiro atoms. The summed E-state index contributed by atoms with van der Waals surface area (Å²) in [6, 6.07) is 7.29. The Labute approximate surface area is 117 Å². The topological polar surface area (TPSA) is 66.0 Å². The summed E-state index contributed by atoms with van der Waals surface area (Å²) in [4.78, 5) is 18.2. The number of aromatic carboxylic acids is 1. The Morgan fingerprint density at radius 2 is 2.22 bits per heavy atom. The zero-order valence-electron chi connectivity index (χ0n) is 9.40. The van der Waals surface area contributed by atoms with E-state index in [2.05, 4.69) is 25.9 Å². The molecule has 0 unspecified atom stereocenters. The van der Waals surface area contributed by atoms with Crippen molar-refractivity contribution in [1.29, 1.82) is 0 Å². The number of benzene rings is 1. The van der Waals surface area contributed by atoms with E-state index in [0.29, 0.717) is 17.0 Å². The van der Waals surface area contributed by atoms with Crippen LogP contribution in [0.4, 0.5) is 0 Å². The van der Waals surface area contributed by atoms with Crippen LogP contribution in [0.25, 0.3) is 11.3 Å². The van der Waals surface area contributed by atoms with E-state index in [1.807, 2.05) is 18.2 Å². The quantitative estimate of drug-likeness (QED) is 0.829. The van der Waals surface area contributed by atoms with E-state index in [1.54, 1.807) is 13.0 Å². The van der Waals surface area contributed by atoms with Gasteiger partial charge in [0, 0.05) is 15.7 Å². The number of aryl methyl sites for hydroxylation is 1. The Bertz CT molecular complexity index is 682. The molecule has 0 fully saturated rings. The fraction of sp³-hybridized carbons (Fsp3) is 0.0833. The number of nitrogens with one attached hydrogen (secondary N) is 1. The maximum absolute atomic E-state index is 11.3. The fourth-order valence-electron chi connectivity index (χ4n) is 1.69. The highest BCUT2D eigenvalue weighted by Gasteiger charge is 2.17. The largest absolute Gasteiger partial charge is 0.478 e. The summed E-state index contributed by atoms with van der Waals surface area (Å²) in [5.74, 6) is -1.03. The summed E-state index contributed by atoms with van der Waals surface area (Å²) in [7, 11) is 0. The molecule has 0 saturated heterocycles. The lowest BCUT2D eigenvalue weighted by molar-refractivity contribution is 0.0696. The number of carbonyl (C=O) groups is 1. The Morgan fingerprint density at radius 3 is 2.83 bits per heavy atom. The number of nitrogens with zero attached hydrogens (tertiary/aromatic N) is 1. The van der Waals surface area contributed by atoms with Gasteiger partial charge < -0.3 is 10.1 Å². The van der Waals surface area contributed by atoms with Crippen molar-refractivity contribution < 1.29 is 9.90 Å². The van der Waals surface area contributed by atoms with Crippen molar-refractivity contribution in [2.75, 3.05) is 0 Å². The molecule has 0 bridgehead atoms. The summed E-state index contributed by atoms with van der Waals surface area (Å²) < 4.78 is 1.13. The number of hydrogen-bond acceptors (Lipinski definition) is 3. The molecular formula is C12H9BrN2O2S. The zero-order chi connectivity index (χ0) is 13.3. The first-order valence-electron chi connectivity index (χ1n) is 5.09. The minimum Gasteiger partial charge on any atom is -0.478 e. The third kappa shape index (κ3) is 2.49. The van der Waals surface area contributed by atoms with Crippen LogP contribution in [-0.2, 0) is 0 Å². The molecule has 0 aliphatic carbocycles. The van der Waals surface area contributed by atoms with Gasteiger partial charge >= 0.3 is 5.97 Å². The first-order chi connectivity index (χ1) is 8.49. The molecule has 0 amide bonds. The number of halogens is 1. The summed E-state index contributed by atoms with van der Waals surface area (Å²) in [6.45, 7) is 1.67. The Hall–Kier alpha value is -1.53. The summed E-state index contributed by atoms with van der Waals surface area (Å²) in [6.07, 6.45) is 0. The third-order valence-corrected chi connectivity index (χ3v) is 3.12. The number of carboxylic acids is 1. The summed E-state index contributed by atoms with van der Waals surface area (Å²) in [5, 5.41) is 9.26. The number of H-pyrrole nitrogens is 1. The lowest BCUT2D eigenvalue weighted by Crippen LogP contribution is -2.07. The molecule has 92 valence electrons. The van der Waals surface area contributed by atoms with E-state index >= 15 is 0 Å². The minimum atomic E-state index is -1.03. The van der Waals surface area contributed by atoms with Crippen LogP contribution in [0.15, 0.2) is 28.7 Å². The van der Waals surface area contributed by atoms with Gasteiger partial charge in [-0.2, -0.15) is 0 Å². The number of hydrogen-bond donors (Lipinski definition) is 2. The molecule has 0 radical (unpaired) electrons. The second kappa shape index (κ2) is 4.99. The van der Waals surface area contributed by atoms with Gasteiger partial charge in [0.15, 0.2) is 4.77 Å². The highest BCUT2D eigenvalue weighted by Crippen LogP contribution is 2.25. The second-order valence-corrected chi connectivity index (χ2v) is 5.01. The van der Waals surface area contributed by atoms with Crippen molar-refractivity contribution in [2.24, 2.45) is 0 Å². The van der Waals surface area contributed by atoms with Crippen LogP contribution in [0, 0.1) is 11.7 Å². The van der Waals surface area contributed by atoms with E-state index in [4.69, 9.17) is 12.2 Å². The number of rotatable bonds is 2. The number of carboxylic acid groups (broad SMARTS) is 1. The molecule has 2 aromatic rings. The Kier molecular flexibility index (Phi) is 3.58. The molecule has 6 heteroatoms. The van der Waals surface area contributed by atoms with Crippen molar-refractivity contribution >= 4 is 34.1 Å². The van der Waals surface area contributed by atoms with Crippen LogP contribution >= 0.6 is 28.1 Å². The molecule has 4 nitrogen and oxygen atoms in total. The molecular weight excluding hydrogens is 316 g/mol. The SMILES string of the molecule is Cc1[nH]c(=S)nc(-c2cccc(Br)c2)c1C(=O)O. The molecule has 2 N–H and O–H groups in total. The predicted molar refractivity (Wildman–Crippen MR) is 74.3 cm³/mol. The molecule has 0 aliphatic heterocycles. The smallest absolute Gasteiger partial charge is 0.339 e. The third-order valence-electron chi connectivity index (χ3n) is 2.43. The average molecular weight is 325 g/mol. The normalized spacial score (nSPS) is 10.3.